The summed E-state index contributed by atoms with van der Waals surface area (Å²) in [5.41, 5.74) is 0.573. The number of hydrogen-bond acceptors (Lipinski definition) is 5. The molecule has 0 bridgehead atoms. The van der Waals surface area contributed by atoms with E-state index in [1.807, 2.05) is 0 Å². The summed E-state index contributed by atoms with van der Waals surface area (Å²) in [4.78, 5) is 31.3. The fourth-order valence-electron chi connectivity index (χ4n) is 1.74. The molecule has 0 aromatic heterocycles. The van der Waals surface area contributed by atoms with Gasteiger partial charge in [-0.25, -0.2) is 14.2 Å². The first kappa shape index (κ1) is 12.9. The van der Waals surface area contributed by atoms with Crippen molar-refractivity contribution < 1.29 is 18.7 Å². The van der Waals surface area contributed by atoms with Crippen LogP contribution in [-0.4, -0.2) is 36.0 Å². The first-order valence-corrected chi connectivity index (χ1v) is 6.21. The highest BCUT2D eigenvalue weighted by Gasteiger charge is 2.40. The van der Waals surface area contributed by atoms with E-state index in [-0.39, 0.29) is 12.4 Å². The standard InChI is InChI=1S/C11H11FN2O3S/c1-3-17-11(16)8-5(2)7-9(15)13-6(4-12)14-10(7)18-8/h7H,3-4H2,1-2H3. The van der Waals surface area contributed by atoms with Crippen LogP contribution in [0.3, 0.4) is 0 Å². The Morgan fingerprint density at radius 3 is 2.83 bits per heavy atom. The number of nitrogens with zero attached hydrogens (tertiary/aromatic N) is 2. The number of fused-ring (bicyclic) bond motifs is 1. The summed E-state index contributed by atoms with van der Waals surface area (Å²) < 4.78 is 17.4. The van der Waals surface area contributed by atoms with E-state index >= 15 is 0 Å². The molecule has 0 saturated carbocycles. The Morgan fingerprint density at radius 2 is 2.22 bits per heavy atom. The highest BCUT2D eigenvalue weighted by atomic mass is 32.2. The lowest BCUT2D eigenvalue weighted by Crippen LogP contribution is -2.25. The normalized spacial score (nSPS) is 22.6. The molecule has 1 amide bonds. The van der Waals surface area contributed by atoms with Gasteiger partial charge in [0, 0.05) is 0 Å². The third-order valence-electron chi connectivity index (χ3n) is 2.55. The predicted octanol–water partition coefficient (Wildman–Crippen LogP) is 1.49. The molecule has 0 fully saturated rings. The number of thioether (sulfide) groups is 1. The number of esters is 1. The van der Waals surface area contributed by atoms with Gasteiger partial charge in [-0.3, -0.25) is 4.79 Å². The highest BCUT2D eigenvalue weighted by Crippen LogP contribution is 2.40. The Morgan fingerprint density at radius 1 is 1.50 bits per heavy atom. The molecule has 2 aliphatic heterocycles. The largest absolute Gasteiger partial charge is 0.462 e. The van der Waals surface area contributed by atoms with E-state index in [1.54, 1.807) is 13.8 Å². The van der Waals surface area contributed by atoms with Crippen molar-refractivity contribution in [2.45, 2.75) is 13.8 Å². The lowest BCUT2D eigenvalue weighted by molar-refractivity contribution is -0.137. The van der Waals surface area contributed by atoms with Crippen LogP contribution in [0.15, 0.2) is 20.5 Å². The summed E-state index contributed by atoms with van der Waals surface area (Å²) in [6, 6.07) is 0. The summed E-state index contributed by atoms with van der Waals surface area (Å²) in [5, 5.41) is 0.406. The third kappa shape index (κ3) is 2.10. The van der Waals surface area contributed by atoms with E-state index in [0.717, 1.165) is 11.8 Å². The third-order valence-corrected chi connectivity index (χ3v) is 3.78. The van der Waals surface area contributed by atoms with Gasteiger partial charge < -0.3 is 4.74 Å². The van der Waals surface area contributed by atoms with Crippen molar-refractivity contribution in [2.24, 2.45) is 15.9 Å². The Kier molecular flexibility index (Phi) is 3.60. The van der Waals surface area contributed by atoms with Gasteiger partial charge in [0.1, 0.15) is 12.6 Å². The number of amides is 1. The highest BCUT2D eigenvalue weighted by molar-refractivity contribution is 8.18. The number of amidine groups is 1. The maximum Gasteiger partial charge on any atom is 0.344 e. The molecule has 1 unspecified atom stereocenters. The van der Waals surface area contributed by atoms with Crippen LogP contribution in [0.5, 0.6) is 0 Å². The minimum absolute atomic E-state index is 0.142. The van der Waals surface area contributed by atoms with Gasteiger partial charge in [0.2, 0.25) is 0 Å². The smallest absolute Gasteiger partial charge is 0.344 e. The lowest BCUT2D eigenvalue weighted by atomic mass is 10.00. The number of alkyl halides is 1. The molecule has 0 spiro atoms. The summed E-state index contributed by atoms with van der Waals surface area (Å²) in [6.07, 6.45) is 0. The first-order valence-electron chi connectivity index (χ1n) is 5.40. The molecule has 0 aliphatic carbocycles. The predicted molar refractivity (Wildman–Crippen MR) is 66.3 cm³/mol. The number of rotatable bonds is 3. The first-order chi connectivity index (χ1) is 8.58. The molecule has 0 radical (unpaired) electrons. The van der Waals surface area contributed by atoms with Gasteiger partial charge in [0.05, 0.1) is 16.6 Å². The molecule has 0 aromatic carbocycles. The number of ether oxygens (including phenoxy) is 1. The number of hydrogen-bond donors (Lipinski definition) is 0. The Bertz CT molecular complexity index is 510. The monoisotopic (exact) mass is 270 g/mol. The van der Waals surface area contributed by atoms with Crippen molar-refractivity contribution >= 4 is 34.5 Å². The fraction of sp³-hybridized carbons (Fsp3) is 0.455. The van der Waals surface area contributed by atoms with E-state index < -0.39 is 24.5 Å². The van der Waals surface area contributed by atoms with Crippen LogP contribution in [-0.2, 0) is 14.3 Å². The van der Waals surface area contributed by atoms with Crippen molar-refractivity contribution in [3.63, 3.8) is 0 Å². The molecule has 96 valence electrons. The zero-order valence-corrected chi connectivity index (χ0v) is 10.7. The van der Waals surface area contributed by atoms with Gasteiger partial charge in [-0.05, 0) is 19.4 Å². The quantitative estimate of drug-likeness (QED) is 0.729. The van der Waals surface area contributed by atoms with Crippen molar-refractivity contribution in [2.75, 3.05) is 13.3 Å². The van der Waals surface area contributed by atoms with Crippen LogP contribution in [0.1, 0.15) is 13.8 Å². The van der Waals surface area contributed by atoms with Gasteiger partial charge in [-0.15, -0.1) is 0 Å². The maximum atomic E-state index is 12.5. The van der Waals surface area contributed by atoms with Crippen molar-refractivity contribution in [1.82, 2.24) is 0 Å². The Labute approximate surface area is 107 Å². The Hall–Kier alpha value is -1.50. The molecule has 0 N–H and O–H groups in total. The molecule has 7 heteroatoms. The van der Waals surface area contributed by atoms with E-state index in [9.17, 15) is 14.0 Å². The summed E-state index contributed by atoms with van der Waals surface area (Å²) in [6.45, 7) is 2.73. The van der Waals surface area contributed by atoms with Crippen LogP contribution >= 0.6 is 11.8 Å². The van der Waals surface area contributed by atoms with Gasteiger partial charge in [0.25, 0.3) is 5.91 Å². The topological polar surface area (TPSA) is 68.1 Å². The van der Waals surface area contributed by atoms with Crippen LogP contribution in [0.4, 0.5) is 4.39 Å². The molecule has 18 heavy (non-hydrogen) atoms. The maximum absolute atomic E-state index is 12.5. The molecule has 2 heterocycles. The molecule has 2 rings (SSSR count). The second-order valence-corrected chi connectivity index (χ2v) is 4.75. The van der Waals surface area contributed by atoms with Crippen molar-refractivity contribution in [3.8, 4) is 0 Å². The van der Waals surface area contributed by atoms with E-state index in [0.29, 0.717) is 15.5 Å². The van der Waals surface area contributed by atoms with Gasteiger partial charge in [-0.1, -0.05) is 11.8 Å². The number of carbonyl (C=O) groups excluding carboxylic acids is 2. The second kappa shape index (κ2) is 5.01. The van der Waals surface area contributed by atoms with Gasteiger partial charge >= 0.3 is 5.97 Å². The van der Waals surface area contributed by atoms with E-state index in [2.05, 4.69) is 9.98 Å². The van der Waals surface area contributed by atoms with Crippen molar-refractivity contribution in [1.29, 1.82) is 0 Å². The molecule has 5 nitrogen and oxygen atoms in total. The zero-order valence-electron chi connectivity index (χ0n) is 9.90. The second-order valence-electron chi connectivity index (χ2n) is 3.72. The number of carbonyl (C=O) groups is 2. The van der Waals surface area contributed by atoms with Gasteiger partial charge in [-0.2, -0.15) is 4.99 Å². The minimum atomic E-state index is -0.893. The number of aliphatic imine (C=N–C) groups is 2. The summed E-state index contributed by atoms with van der Waals surface area (Å²) in [5.74, 6) is -1.75. The van der Waals surface area contributed by atoms with E-state index in [1.165, 1.54) is 0 Å². The average molecular weight is 270 g/mol. The Balaban J connectivity index is 2.31. The van der Waals surface area contributed by atoms with Crippen LogP contribution in [0.25, 0.3) is 0 Å². The zero-order chi connectivity index (χ0) is 13.3. The number of halogens is 1. The van der Waals surface area contributed by atoms with Crippen LogP contribution < -0.4 is 0 Å². The molecular formula is C11H11FN2O3S. The van der Waals surface area contributed by atoms with Crippen molar-refractivity contribution in [3.05, 3.63) is 10.5 Å². The summed E-state index contributed by atoms with van der Waals surface area (Å²) >= 11 is 1.06. The molecule has 0 saturated heterocycles. The fourth-order valence-corrected chi connectivity index (χ4v) is 2.92. The molecular weight excluding hydrogens is 259 g/mol. The van der Waals surface area contributed by atoms with Gasteiger partial charge in [0.15, 0.2) is 5.84 Å². The minimum Gasteiger partial charge on any atom is -0.462 e. The molecule has 2 aliphatic rings. The average Bonchev–Trinajstić information content (AvgIpc) is 2.67. The molecule has 0 aromatic rings. The SMILES string of the molecule is CCOC(=O)C1=C(C)C2C(=O)N=C(CF)N=C2S1. The van der Waals surface area contributed by atoms with Crippen LogP contribution in [0, 0.1) is 5.92 Å². The van der Waals surface area contributed by atoms with E-state index in [4.69, 9.17) is 4.74 Å². The summed E-state index contributed by atoms with van der Waals surface area (Å²) in [7, 11) is 0. The lowest BCUT2D eigenvalue weighted by Gasteiger charge is -2.12. The molecule has 1 atom stereocenters. The van der Waals surface area contributed by atoms with Crippen LogP contribution in [0.2, 0.25) is 0 Å².